The molecule has 164 valence electrons. The molecule has 7 heteroatoms. The van der Waals surface area contributed by atoms with Gasteiger partial charge >= 0.3 is 5.97 Å². The van der Waals surface area contributed by atoms with Crippen molar-refractivity contribution in [1.82, 2.24) is 10.2 Å². The van der Waals surface area contributed by atoms with Gasteiger partial charge in [-0.05, 0) is 48.6 Å². The number of likely N-dealkylation sites (tertiary alicyclic amines) is 1. The number of nitrogens with zero attached hydrogens (tertiary/aromatic N) is 1. The number of rotatable bonds is 6. The summed E-state index contributed by atoms with van der Waals surface area (Å²) in [5, 5.41) is 13.4. The van der Waals surface area contributed by atoms with E-state index in [1.165, 1.54) is 0 Å². The molecule has 31 heavy (non-hydrogen) atoms. The van der Waals surface area contributed by atoms with Crippen LogP contribution in [0, 0.1) is 5.92 Å². The van der Waals surface area contributed by atoms with Crippen LogP contribution in [0.2, 0.25) is 5.02 Å². The van der Waals surface area contributed by atoms with Gasteiger partial charge in [-0.1, -0.05) is 55.8 Å². The number of carboxylic acids is 1. The lowest BCUT2D eigenvalue weighted by Crippen LogP contribution is -2.55. The van der Waals surface area contributed by atoms with Gasteiger partial charge in [-0.3, -0.25) is 14.4 Å². The second-order valence-electron chi connectivity index (χ2n) is 8.28. The average Bonchev–Trinajstić information content (AvgIpc) is 2.77. The fourth-order valence-electron chi connectivity index (χ4n) is 4.03. The van der Waals surface area contributed by atoms with Crippen LogP contribution in [0.1, 0.15) is 42.6 Å². The van der Waals surface area contributed by atoms with E-state index in [9.17, 15) is 19.5 Å². The van der Waals surface area contributed by atoms with E-state index in [2.05, 4.69) is 5.32 Å². The van der Waals surface area contributed by atoms with Gasteiger partial charge in [-0.2, -0.15) is 0 Å². The summed E-state index contributed by atoms with van der Waals surface area (Å²) in [5.41, 5.74) is 0.128. The van der Waals surface area contributed by atoms with Crippen LogP contribution in [-0.2, 0) is 15.0 Å². The van der Waals surface area contributed by atoms with Gasteiger partial charge < -0.3 is 15.3 Å². The Bertz CT molecular complexity index is 936. The maximum absolute atomic E-state index is 13.2. The van der Waals surface area contributed by atoms with Crippen LogP contribution in [0.3, 0.4) is 0 Å². The van der Waals surface area contributed by atoms with Gasteiger partial charge in [0.2, 0.25) is 5.91 Å². The molecule has 1 atom stereocenters. The minimum absolute atomic E-state index is 0.109. The van der Waals surface area contributed by atoms with Crippen molar-refractivity contribution in [1.29, 1.82) is 0 Å². The molecule has 0 aliphatic carbocycles. The van der Waals surface area contributed by atoms with Crippen LogP contribution >= 0.6 is 11.6 Å². The summed E-state index contributed by atoms with van der Waals surface area (Å²) in [7, 11) is 0. The van der Waals surface area contributed by atoms with Gasteiger partial charge in [0.15, 0.2) is 0 Å². The summed E-state index contributed by atoms with van der Waals surface area (Å²) in [5.74, 6) is -1.50. The van der Waals surface area contributed by atoms with Gasteiger partial charge in [0.25, 0.3) is 5.91 Å². The van der Waals surface area contributed by atoms with Crippen molar-refractivity contribution in [3.63, 3.8) is 0 Å². The SMILES string of the molecule is CC(C)[C@@H](NC(=O)c1ccccc1)C(=O)N1CCC(C(=O)O)(c2ccc(Cl)cc2)CC1. The topological polar surface area (TPSA) is 86.7 Å². The minimum atomic E-state index is -1.05. The summed E-state index contributed by atoms with van der Waals surface area (Å²) in [4.78, 5) is 39.6. The van der Waals surface area contributed by atoms with Crippen molar-refractivity contribution in [3.05, 3.63) is 70.7 Å². The first-order valence-corrected chi connectivity index (χ1v) is 10.8. The predicted octanol–water partition coefficient (Wildman–Crippen LogP) is 3.74. The fraction of sp³-hybridized carbons (Fsp3) is 0.375. The second-order valence-corrected chi connectivity index (χ2v) is 8.72. The lowest BCUT2D eigenvalue weighted by Gasteiger charge is -2.40. The third kappa shape index (κ3) is 4.90. The summed E-state index contributed by atoms with van der Waals surface area (Å²) in [6.45, 7) is 4.37. The lowest BCUT2D eigenvalue weighted by atomic mass is 9.72. The van der Waals surface area contributed by atoms with Gasteiger partial charge in [0.05, 0.1) is 5.41 Å². The van der Waals surface area contributed by atoms with Crippen molar-refractivity contribution < 1.29 is 19.5 Å². The quantitative estimate of drug-likeness (QED) is 0.713. The Morgan fingerprint density at radius 2 is 1.58 bits per heavy atom. The largest absolute Gasteiger partial charge is 0.481 e. The van der Waals surface area contributed by atoms with Crippen LogP contribution in [0.15, 0.2) is 54.6 Å². The molecule has 1 heterocycles. The first kappa shape index (κ1) is 22.8. The zero-order valence-electron chi connectivity index (χ0n) is 17.7. The van der Waals surface area contributed by atoms with E-state index >= 15 is 0 Å². The van der Waals surface area contributed by atoms with Crippen LogP contribution in [-0.4, -0.2) is 46.9 Å². The highest BCUT2D eigenvalue weighted by molar-refractivity contribution is 6.30. The molecular formula is C24H27ClN2O4. The molecule has 1 aliphatic rings. The van der Waals surface area contributed by atoms with E-state index in [-0.39, 0.29) is 17.7 Å². The standard InChI is InChI=1S/C24H27ClN2O4/c1-16(2)20(26-21(28)17-6-4-3-5-7-17)22(29)27-14-12-24(13-15-27,23(30)31)18-8-10-19(25)11-9-18/h3-11,16,20H,12-15H2,1-2H3,(H,26,28)(H,30,31)/t20-/m1/s1. The molecule has 1 saturated heterocycles. The van der Waals surface area contributed by atoms with Gasteiger partial charge in [-0.15, -0.1) is 0 Å². The Balaban J connectivity index is 1.73. The molecule has 0 bridgehead atoms. The third-order valence-electron chi connectivity index (χ3n) is 5.99. The average molecular weight is 443 g/mol. The number of hydrogen-bond donors (Lipinski definition) is 2. The first-order chi connectivity index (χ1) is 14.7. The molecule has 2 amide bonds. The highest BCUT2D eigenvalue weighted by Gasteiger charge is 2.44. The summed E-state index contributed by atoms with van der Waals surface area (Å²) < 4.78 is 0. The van der Waals surface area contributed by atoms with E-state index in [0.29, 0.717) is 42.1 Å². The highest BCUT2D eigenvalue weighted by Crippen LogP contribution is 2.36. The van der Waals surface area contributed by atoms with Crippen molar-refractivity contribution in [2.75, 3.05) is 13.1 Å². The van der Waals surface area contributed by atoms with Crippen LogP contribution in [0.5, 0.6) is 0 Å². The number of carbonyl (C=O) groups excluding carboxylic acids is 2. The van der Waals surface area contributed by atoms with Crippen molar-refractivity contribution >= 4 is 29.4 Å². The zero-order valence-corrected chi connectivity index (χ0v) is 18.4. The normalized spacial score (nSPS) is 16.6. The first-order valence-electron chi connectivity index (χ1n) is 10.4. The number of carboxylic acid groups (broad SMARTS) is 1. The lowest BCUT2D eigenvalue weighted by molar-refractivity contribution is -0.149. The maximum Gasteiger partial charge on any atom is 0.314 e. The predicted molar refractivity (Wildman–Crippen MR) is 119 cm³/mol. The molecule has 1 fully saturated rings. The summed E-state index contributed by atoms with van der Waals surface area (Å²) >= 11 is 5.96. The number of piperidine rings is 1. The van der Waals surface area contributed by atoms with Gasteiger partial charge in [0, 0.05) is 23.7 Å². The molecule has 0 spiro atoms. The Kier molecular flexibility index (Phi) is 7.01. The monoisotopic (exact) mass is 442 g/mol. The number of benzene rings is 2. The molecule has 0 saturated carbocycles. The van der Waals surface area contributed by atoms with Crippen LogP contribution in [0.4, 0.5) is 0 Å². The van der Waals surface area contributed by atoms with E-state index < -0.39 is 17.4 Å². The van der Waals surface area contributed by atoms with E-state index in [1.807, 2.05) is 19.9 Å². The summed E-state index contributed by atoms with van der Waals surface area (Å²) in [6, 6.07) is 14.9. The van der Waals surface area contributed by atoms with Gasteiger partial charge in [0.1, 0.15) is 6.04 Å². The number of nitrogens with one attached hydrogen (secondary N) is 1. The molecule has 3 rings (SSSR count). The van der Waals surface area contributed by atoms with Gasteiger partial charge in [-0.25, -0.2) is 0 Å². The molecule has 6 nitrogen and oxygen atoms in total. The summed E-state index contributed by atoms with van der Waals surface area (Å²) in [6.07, 6.45) is 0.598. The maximum atomic E-state index is 13.2. The molecule has 2 aromatic carbocycles. The second kappa shape index (κ2) is 9.52. The van der Waals surface area contributed by atoms with Crippen molar-refractivity contribution in [3.8, 4) is 0 Å². The van der Waals surface area contributed by atoms with E-state index in [4.69, 9.17) is 11.6 Å². The number of hydrogen-bond acceptors (Lipinski definition) is 3. The third-order valence-corrected chi connectivity index (χ3v) is 6.24. The molecule has 0 radical (unpaired) electrons. The number of amides is 2. The van der Waals surface area contributed by atoms with Crippen molar-refractivity contribution in [2.24, 2.45) is 5.92 Å². The number of carbonyl (C=O) groups is 3. The Labute approximate surface area is 187 Å². The van der Waals surface area contributed by atoms with E-state index in [0.717, 1.165) is 0 Å². The highest BCUT2D eigenvalue weighted by atomic mass is 35.5. The van der Waals surface area contributed by atoms with Crippen molar-refractivity contribution in [2.45, 2.75) is 38.1 Å². The number of aliphatic carboxylic acids is 1. The zero-order chi connectivity index (χ0) is 22.6. The minimum Gasteiger partial charge on any atom is -0.481 e. The van der Waals surface area contributed by atoms with Crippen LogP contribution < -0.4 is 5.32 Å². The molecule has 1 aliphatic heterocycles. The number of halogens is 1. The Hall–Kier alpha value is -2.86. The fourth-order valence-corrected chi connectivity index (χ4v) is 4.15. The van der Waals surface area contributed by atoms with E-state index in [1.54, 1.807) is 53.4 Å². The smallest absolute Gasteiger partial charge is 0.314 e. The molecule has 2 N–H and O–H groups in total. The molecular weight excluding hydrogens is 416 g/mol. The Morgan fingerprint density at radius 1 is 1.00 bits per heavy atom. The molecule has 2 aromatic rings. The molecule has 0 unspecified atom stereocenters. The Morgan fingerprint density at radius 3 is 2.10 bits per heavy atom. The van der Waals surface area contributed by atoms with Crippen LogP contribution in [0.25, 0.3) is 0 Å². The molecule has 0 aromatic heterocycles.